The fraction of sp³-hybridized carbons (Fsp3) is 0.484. The molecule has 0 aliphatic carbocycles. The van der Waals surface area contributed by atoms with Gasteiger partial charge in [0.25, 0.3) is 0 Å². The smallest absolute Gasteiger partial charge is 0.416 e. The Morgan fingerprint density at radius 1 is 1.00 bits per heavy atom. The van der Waals surface area contributed by atoms with Gasteiger partial charge in [0.1, 0.15) is 0 Å². The Balaban J connectivity index is 1.56. The monoisotopic (exact) mass is 704 g/mol. The summed E-state index contributed by atoms with van der Waals surface area (Å²) in [7, 11) is 0. The number of ether oxygens (including phenoxy) is 3. The molecule has 1 saturated heterocycles. The minimum absolute atomic E-state index is 0.0581. The highest BCUT2D eigenvalue weighted by atomic mass is 19.4. The third-order valence-corrected chi connectivity index (χ3v) is 8.00. The van der Waals surface area contributed by atoms with Crippen LogP contribution in [-0.4, -0.2) is 66.6 Å². The van der Waals surface area contributed by atoms with E-state index in [0.717, 1.165) is 0 Å². The summed E-state index contributed by atoms with van der Waals surface area (Å²) in [5.74, 6) is -0.485. The number of carbonyl (C=O) groups excluding carboxylic acids is 1. The molecule has 2 aromatic heterocycles. The summed E-state index contributed by atoms with van der Waals surface area (Å²) in [5, 5.41) is 3.09. The number of aromatic nitrogens is 3. The van der Waals surface area contributed by atoms with E-state index in [9.17, 15) is 39.9 Å². The van der Waals surface area contributed by atoms with E-state index < -0.39 is 60.6 Å². The minimum Gasteiger partial charge on any atom is -0.449 e. The molecule has 1 N–H and O–H groups in total. The van der Waals surface area contributed by atoms with Gasteiger partial charge < -0.3 is 24.4 Å². The molecule has 2 aliphatic heterocycles. The Bertz CT molecular complexity index is 1600. The van der Waals surface area contributed by atoms with Gasteiger partial charge in [-0.2, -0.15) is 35.1 Å². The topological polar surface area (TPSA) is 102 Å². The van der Waals surface area contributed by atoms with Crippen LogP contribution in [0.1, 0.15) is 60.8 Å². The number of alkyl halides is 8. The number of rotatable bonds is 9. The molecule has 0 bridgehead atoms. The molecule has 1 aromatic carbocycles. The van der Waals surface area contributed by atoms with E-state index in [1.165, 1.54) is 23.2 Å². The summed E-state index contributed by atoms with van der Waals surface area (Å²) in [6.45, 7) is 1.74. The number of hydrogen-bond donors (Lipinski definition) is 1. The number of anilines is 3. The summed E-state index contributed by atoms with van der Waals surface area (Å²) in [4.78, 5) is 29.3. The van der Waals surface area contributed by atoms with Gasteiger partial charge in [-0.05, 0) is 49.6 Å². The zero-order valence-corrected chi connectivity index (χ0v) is 26.2. The number of carbonyl (C=O) groups is 1. The van der Waals surface area contributed by atoms with E-state index in [1.807, 2.05) is 11.8 Å². The van der Waals surface area contributed by atoms with Crippen LogP contribution in [0.3, 0.4) is 0 Å². The van der Waals surface area contributed by atoms with Gasteiger partial charge in [0.15, 0.2) is 0 Å². The van der Waals surface area contributed by atoms with E-state index in [4.69, 9.17) is 9.47 Å². The van der Waals surface area contributed by atoms with Crippen LogP contribution < -0.4 is 19.9 Å². The van der Waals surface area contributed by atoms with Crippen molar-refractivity contribution in [1.29, 1.82) is 0 Å². The van der Waals surface area contributed by atoms with Crippen molar-refractivity contribution in [3.8, 4) is 5.88 Å². The number of nitrogens with one attached hydrogen (secondary N) is 1. The van der Waals surface area contributed by atoms with E-state index in [-0.39, 0.29) is 47.7 Å². The average Bonchev–Trinajstić information content (AvgIpc) is 3.04. The first kappa shape index (κ1) is 35.8. The number of nitrogens with zero attached hydrogens (tertiary/aromatic N) is 5. The van der Waals surface area contributed by atoms with Crippen molar-refractivity contribution in [2.45, 2.75) is 64.2 Å². The van der Waals surface area contributed by atoms with E-state index in [2.05, 4.69) is 25.0 Å². The molecule has 2 atom stereocenters. The van der Waals surface area contributed by atoms with E-state index in [1.54, 1.807) is 6.92 Å². The van der Waals surface area contributed by atoms with Crippen LogP contribution in [0, 0.1) is 0 Å². The summed E-state index contributed by atoms with van der Waals surface area (Å²) in [6.07, 6.45) is -9.14. The number of benzene rings is 1. The average molecular weight is 705 g/mol. The zero-order chi connectivity index (χ0) is 35.5. The lowest BCUT2D eigenvalue weighted by Crippen LogP contribution is -2.46. The van der Waals surface area contributed by atoms with Gasteiger partial charge in [0, 0.05) is 31.6 Å². The summed E-state index contributed by atoms with van der Waals surface area (Å²) >= 11 is 0. The molecule has 5 rings (SSSR count). The lowest BCUT2D eigenvalue weighted by molar-refractivity contribution is -0.143. The molecule has 3 aromatic rings. The molecule has 0 unspecified atom stereocenters. The fourth-order valence-electron chi connectivity index (χ4n) is 5.82. The molecule has 18 heteroatoms. The highest BCUT2D eigenvalue weighted by molar-refractivity contribution is 5.90. The number of hydrogen-bond acceptors (Lipinski definition) is 9. The van der Waals surface area contributed by atoms with Gasteiger partial charge in [-0.3, -0.25) is 4.90 Å². The highest BCUT2D eigenvalue weighted by Crippen LogP contribution is 2.41. The highest BCUT2D eigenvalue weighted by Gasteiger charge is 2.39. The van der Waals surface area contributed by atoms with Gasteiger partial charge in [-0.1, -0.05) is 6.92 Å². The maximum atomic E-state index is 13.7. The molecule has 1 fully saturated rings. The number of morpholine rings is 1. The first-order valence-electron chi connectivity index (χ1n) is 15.3. The van der Waals surface area contributed by atoms with Crippen LogP contribution >= 0.6 is 0 Å². The molecule has 10 nitrogen and oxygen atoms in total. The van der Waals surface area contributed by atoms with Gasteiger partial charge in [-0.25, -0.2) is 19.7 Å². The molecule has 0 radical (unpaired) electrons. The van der Waals surface area contributed by atoms with Crippen molar-refractivity contribution >= 4 is 23.4 Å². The van der Waals surface area contributed by atoms with Gasteiger partial charge in [-0.15, -0.1) is 0 Å². The van der Waals surface area contributed by atoms with E-state index >= 15 is 0 Å². The lowest BCUT2D eigenvalue weighted by atomic mass is 9.93. The van der Waals surface area contributed by atoms with Crippen LogP contribution in [0.25, 0.3) is 0 Å². The second-order valence-corrected chi connectivity index (χ2v) is 11.2. The maximum absolute atomic E-state index is 13.7. The van der Waals surface area contributed by atoms with Crippen LogP contribution in [0.4, 0.5) is 57.2 Å². The Labute approximate surface area is 275 Å². The first-order valence-corrected chi connectivity index (χ1v) is 15.3. The molecule has 266 valence electrons. The predicted octanol–water partition coefficient (Wildman–Crippen LogP) is 7.24. The SMILES string of the molecule is CCOC(=O)N1c2ccc(OC(F)F)nc2[C@@H](Nc2ncc(N3CCOCC3)c(Cc3cc(C(F)(F)F)cc(C(F)(F)F)c3)n2)C[C@H]1CC. The van der Waals surface area contributed by atoms with E-state index in [0.29, 0.717) is 50.5 Å². The quantitative estimate of drug-likeness (QED) is 0.231. The molecule has 0 spiro atoms. The zero-order valence-electron chi connectivity index (χ0n) is 26.2. The molecule has 1 amide bonds. The standard InChI is InChI=1S/C31H32F8N6O4/c1-3-20-15-22(26-23(45(20)29(46)48-4-2)5-6-25(43-26)49-27(32)33)42-28-40-16-24(44-7-9-47-10-8-44)21(41-28)13-17-11-18(30(34,35)36)14-19(12-17)31(37,38)39/h5-6,11-12,14,16,20,22,27H,3-4,7-10,13,15H2,1-2H3,(H,40,41,42)/t20-,22+/m1/s1. The molecule has 49 heavy (non-hydrogen) atoms. The van der Waals surface area contributed by atoms with Crippen LogP contribution in [0.15, 0.2) is 36.5 Å². The Morgan fingerprint density at radius 3 is 2.27 bits per heavy atom. The molecule has 4 heterocycles. The molecule has 0 saturated carbocycles. The van der Waals surface area contributed by atoms with Crippen molar-refractivity contribution in [3.63, 3.8) is 0 Å². The molecule has 2 aliphatic rings. The second-order valence-electron chi connectivity index (χ2n) is 11.2. The number of halogens is 8. The fourth-order valence-corrected chi connectivity index (χ4v) is 5.82. The predicted molar refractivity (Wildman–Crippen MR) is 160 cm³/mol. The Morgan fingerprint density at radius 2 is 1.67 bits per heavy atom. The van der Waals surface area contributed by atoms with Gasteiger partial charge in [0.05, 0.1) is 65.9 Å². The van der Waals surface area contributed by atoms with Crippen LogP contribution in [-0.2, 0) is 28.2 Å². The Kier molecular flexibility index (Phi) is 10.6. The number of fused-ring (bicyclic) bond motifs is 1. The van der Waals surface area contributed by atoms with Crippen molar-refractivity contribution in [2.24, 2.45) is 0 Å². The number of pyridine rings is 1. The van der Waals surface area contributed by atoms with Crippen LogP contribution in [0.5, 0.6) is 5.88 Å². The van der Waals surface area contributed by atoms with Gasteiger partial charge in [0.2, 0.25) is 11.8 Å². The number of amides is 1. The minimum atomic E-state index is -5.04. The van der Waals surface area contributed by atoms with Crippen molar-refractivity contribution in [1.82, 2.24) is 15.0 Å². The third kappa shape index (κ3) is 8.40. The normalized spacial score (nSPS) is 18.3. The van der Waals surface area contributed by atoms with Crippen molar-refractivity contribution in [2.75, 3.05) is 48.0 Å². The lowest BCUT2D eigenvalue weighted by Gasteiger charge is -2.39. The third-order valence-electron chi connectivity index (χ3n) is 8.00. The van der Waals surface area contributed by atoms with Crippen LogP contribution in [0.2, 0.25) is 0 Å². The second kappa shape index (κ2) is 14.6. The largest absolute Gasteiger partial charge is 0.449 e. The van der Waals surface area contributed by atoms with Crippen molar-refractivity contribution < 1.29 is 54.1 Å². The Hall–Kier alpha value is -4.48. The first-order chi connectivity index (χ1) is 23.2. The summed E-state index contributed by atoms with van der Waals surface area (Å²) in [6, 6.07) is 2.69. The molecular weight excluding hydrogens is 672 g/mol. The summed E-state index contributed by atoms with van der Waals surface area (Å²) in [5.41, 5.74) is -2.30. The van der Waals surface area contributed by atoms with Crippen molar-refractivity contribution in [3.05, 3.63) is 64.6 Å². The molecular formula is C31H32F8N6O4. The maximum Gasteiger partial charge on any atom is 0.416 e. The summed E-state index contributed by atoms with van der Waals surface area (Å²) < 4.78 is 123. The van der Waals surface area contributed by atoms with Gasteiger partial charge >= 0.3 is 25.1 Å².